The second-order valence-electron chi connectivity index (χ2n) is 19.0. The van der Waals surface area contributed by atoms with Crippen LogP contribution in [-0.4, -0.2) is 19.9 Å². The lowest BCUT2D eigenvalue weighted by molar-refractivity contribution is 0.619. The van der Waals surface area contributed by atoms with Gasteiger partial charge in [0, 0.05) is 22.3 Å². The van der Waals surface area contributed by atoms with Crippen molar-refractivity contribution in [3.8, 4) is 112 Å². The highest BCUT2D eigenvalue weighted by molar-refractivity contribution is 5.97. The van der Waals surface area contributed by atoms with Crippen LogP contribution in [0.1, 0.15) is 0 Å². The monoisotopic (exact) mass is 972 g/mol. The molecule has 0 saturated carbocycles. The summed E-state index contributed by atoms with van der Waals surface area (Å²) in [5.41, 5.74) is 23.5. The zero-order valence-electron chi connectivity index (χ0n) is 41.0. The van der Waals surface area contributed by atoms with Crippen molar-refractivity contribution in [2.45, 2.75) is 0 Å². The van der Waals surface area contributed by atoms with Crippen LogP contribution in [-0.2, 0) is 0 Å². The van der Waals surface area contributed by atoms with Crippen molar-refractivity contribution in [2.24, 2.45) is 0 Å². The third kappa shape index (κ3) is 8.49. The topological polar surface area (TPSA) is 77.8 Å². The quantitative estimate of drug-likeness (QED) is 0.136. The van der Waals surface area contributed by atoms with Gasteiger partial charge in [-0.15, -0.1) is 0 Å². The zero-order chi connectivity index (χ0) is 50.4. The molecule has 3 aromatic heterocycles. The third-order valence-corrected chi connectivity index (χ3v) is 14.2. The number of hydrogen-bond donors (Lipinski definition) is 0. The van der Waals surface area contributed by atoms with Gasteiger partial charge in [0.15, 0.2) is 11.2 Å². The Morgan fingerprint density at radius 3 is 0.882 bits per heavy atom. The summed E-state index contributed by atoms with van der Waals surface area (Å²) in [6, 6.07) is 92.9. The van der Waals surface area contributed by atoms with Crippen LogP contribution in [0.3, 0.4) is 0 Å². The summed E-state index contributed by atoms with van der Waals surface area (Å²) < 4.78 is 12.2. The molecule has 0 bridgehead atoms. The first-order chi connectivity index (χ1) is 37.6. The average Bonchev–Trinajstić information content (AvgIpc) is 4.15. The van der Waals surface area contributed by atoms with Gasteiger partial charge >= 0.3 is 0 Å². The number of oxazole rings is 2. The molecule has 0 unspecified atom stereocenters. The summed E-state index contributed by atoms with van der Waals surface area (Å²) in [7, 11) is 0. The van der Waals surface area contributed by atoms with Crippen molar-refractivity contribution in [3.63, 3.8) is 0 Å². The lowest BCUT2D eigenvalue weighted by Gasteiger charge is -2.17. The molecule has 0 N–H and O–H groups in total. The van der Waals surface area contributed by atoms with Gasteiger partial charge in [0.25, 0.3) is 0 Å². The Hall–Kier alpha value is -10.3. The highest BCUT2D eigenvalue weighted by atomic mass is 16.4. The van der Waals surface area contributed by atoms with E-state index >= 15 is 0 Å². The van der Waals surface area contributed by atoms with Gasteiger partial charge in [0.2, 0.25) is 11.8 Å². The van der Waals surface area contributed by atoms with Crippen LogP contribution in [0.5, 0.6) is 0 Å². The van der Waals surface area contributed by atoms with E-state index in [1.807, 2.05) is 48.5 Å². The number of fused-ring (bicyclic) bond motifs is 3. The molecule has 0 aliphatic carbocycles. The van der Waals surface area contributed by atoms with Gasteiger partial charge in [-0.2, -0.15) is 0 Å². The Balaban J connectivity index is 0.883. The van der Waals surface area contributed by atoms with E-state index in [4.69, 9.17) is 28.8 Å². The summed E-state index contributed by atoms with van der Waals surface area (Å²) in [6.07, 6.45) is 0. The molecule has 3 heterocycles. The molecule has 6 heteroatoms. The van der Waals surface area contributed by atoms with Gasteiger partial charge in [-0.1, -0.05) is 194 Å². The lowest BCUT2D eigenvalue weighted by Crippen LogP contribution is -1.98. The predicted molar refractivity (Wildman–Crippen MR) is 309 cm³/mol. The van der Waals surface area contributed by atoms with E-state index in [2.05, 4.69) is 218 Å². The van der Waals surface area contributed by atoms with Crippen molar-refractivity contribution in [2.75, 3.05) is 0 Å². The first-order valence-electron chi connectivity index (χ1n) is 25.4. The minimum absolute atomic E-state index is 0.604. The van der Waals surface area contributed by atoms with E-state index in [9.17, 15) is 0 Å². The normalized spacial score (nSPS) is 11.4. The van der Waals surface area contributed by atoms with Gasteiger partial charge in [0.05, 0.1) is 22.4 Å². The van der Waals surface area contributed by atoms with Crippen molar-refractivity contribution in [3.05, 3.63) is 267 Å². The Morgan fingerprint density at radius 1 is 0.197 bits per heavy atom. The predicted octanol–water partition coefficient (Wildman–Crippen LogP) is 18.6. The second kappa shape index (κ2) is 19.0. The maximum Gasteiger partial charge on any atom is 0.227 e. The van der Waals surface area contributed by atoms with E-state index in [0.717, 1.165) is 134 Å². The van der Waals surface area contributed by atoms with Crippen molar-refractivity contribution in [1.82, 2.24) is 19.9 Å². The third-order valence-electron chi connectivity index (χ3n) is 14.2. The fourth-order valence-electron chi connectivity index (χ4n) is 10.2. The molecule has 0 aliphatic rings. The molecule has 11 aromatic carbocycles. The van der Waals surface area contributed by atoms with Crippen LogP contribution in [0.4, 0.5) is 0 Å². The SMILES string of the molecule is c1ccc(-c2cccc(-c3cc4nc(-c5ccc(-c6ccc(-c7nc8ccccc8o7)cc6)cc5)c(-c5ccc(-c6ccc(-c7nc8ccccc8o7)cc6)cc5)nc4cc3-c3cccc(-c4ccccc4)c3)c2)cc1. The number of benzene rings is 11. The molecule has 14 rings (SSSR count). The zero-order valence-corrected chi connectivity index (χ0v) is 41.0. The fourth-order valence-corrected chi connectivity index (χ4v) is 10.2. The summed E-state index contributed by atoms with van der Waals surface area (Å²) >= 11 is 0. The van der Waals surface area contributed by atoms with Crippen LogP contribution < -0.4 is 0 Å². The Labute approximate surface area is 439 Å². The van der Waals surface area contributed by atoms with Gasteiger partial charge in [-0.3, -0.25) is 0 Å². The minimum Gasteiger partial charge on any atom is -0.436 e. The maximum atomic E-state index is 6.08. The smallest absolute Gasteiger partial charge is 0.227 e. The number of aromatic nitrogens is 4. The standard InChI is InChI=1S/C70H44N4O2/c1-3-13-45(14-4-1)55-17-11-19-57(41-55)59-43-63-64(44-60(59)58-20-12-18-56(42-58)46-15-5-2-6-16-46)72-68(52-35-27-48(28-36-52)50-31-39-54(40-32-50)70-74-62-22-8-10-24-66(62)76-70)67(71-63)51-33-25-47(26-34-51)49-29-37-53(38-30-49)69-73-61-21-7-9-23-65(61)75-69/h1-44H. The number of para-hydroxylation sites is 4. The van der Waals surface area contributed by atoms with Gasteiger partial charge in [-0.05, 0) is 140 Å². The van der Waals surface area contributed by atoms with E-state index in [0.29, 0.717) is 11.8 Å². The first-order valence-corrected chi connectivity index (χ1v) is 25.4. The van der Waals surface area contributed by atoms with Gasteiger partial charge < -0.3 is 8.83 Å². The van der Waals surface area contributed by atoms with Crippen molar-refractivity contribution < 1.29 is 8.83 Å². The van der Waals surface area contributed by atoms with Crippen LogP contribution in [0.15, 0.2) is 276 Å². The largest absolute Gasteiger partial charge is 0.436 e. The molecule has 0 amide bonds. The summed E-state index contributed by atoms with van der Waals surface area (Å²) in [5, 5.41) is 0. The summed E-state index contributed by atoms with van der Waals surface area (Å²) in [5.74, 6) is 1.21. The molecular weight excluding hydrogens is 929 g/mol. The Kier molecular flexibility index (Phi) is 11.1. The molecule has 0 atom stereocenters. The highest BCUT2D eigenvalue weighted by Gasteiger charge is 2.19. The molecule has 76 heavy (non-hydrogen) atoms. The van der Waals surface area contributed by atoms with E-state index < -0.39 is 0 Å². The number of hydrogen-bond acceptors (Lipinski definition) is 6. The lowest BCUT2D eigenvalue weighted by atomic mass is 9.90. The van der Waals surface area contributed by atoms with E-state index in [-0.39, 0.29) is 0 Å². The fraction of sp³-hybridized carbons (Fsp3) is 0. The van der Waals surface area contributed by atoms with Gasteiger partial charge in [-0.25, -0.2) is 19.9 Å². The van der Waals surface area contributed by atoms with E-state index in [1.165, 1.54) is 0 Å². The van der Waals surface area contributed by atoms with Gasteiger partial charge in [0.1, 0.15) is 11.0 Å². The van der Waals surface area contributed by atoms with Crippen LogP contribution in [0.25, 0.3) is 145 Å². The second-order valence-corrected chi connectivity index (χ2v) is 19.0. The molecule has 14 aromatic rings. The minimum atomic E-state index is 0.604. The Bertz CT molecular complexity index is 4060. The molecule has 0 radical (unpaired) electrons. The van der Waals surface area contributed by atoms with E-state index in [1.54, 1.807) is 0 Å². The highest BCUT2D eigenvalue weighted by Crippen LogP contribution is 2.41. The van der Waals surface area contributed by atoms with Crippen molar-refractivity contribution >= 4 is 33.2 Å². The molecule has 0 spiro atoms. The average molecular weight is 973 g/mol. The van der Waals surface area contributed by atoms with Crippen LogP contribution in [0, 0.1) is 0 Å². The molecule has 6 nitrogen and oxygen atoms in total. The van der Waals surface area contributed by atoms with Crippen LogP contribution >= 0.6 is 0 Å². The molecule has 0 saturated heterocycles. The summed E-state index contributed by atoms with van der Waals surface area (Å²) in [4.78, 5) is 20.6. The van der Waals surface area contributed by atoms with Crippen LogP contribution in [0.2, 0.25) is 0 Å². The molecule has 0 aliphatic heterocycles. The molecule has 356 valence electrons. The maximum absolute atomic E-state index is 6.08. The summed E-state index contributed by atoms with van der Waals surface area (Å²) in [6.45, 7) is 0. The first kappa shape index (κ1) is 44.4. The molecular formula is C70H44N4O2. The number of rotatable bonds is 10. The number of nitrogens with zero attached hydrogens (tertiary/aromatic N) is 4. The molecule has 0 fully saturated rings. The van der Waals surface area contributed by atoms with Crippen molar-refractivity contribution in [1.29, 1.82) is 0 Å². The Morgan fingerprint density at radius 2 is 0.500 bits per heavy atom.